The van der Waals surface area contributed by atoms with Crippen LogP contribution in [0.25, 0.3) is 6.08 Å². The highest BCUT2D eigenvalue weighted by atomic mass is 16.3. The molecule has 1 unspecified atom stereocenters. The molecule has 1 atom stereocenters. The first-order chi connectivity index (χ1) is 10.3. The van der Waals surface area contributed by atoms with Gasteiger partial charge in [0.25, 0.3) is 0 Å². The molecule has 2 aromatic carbocycles. The van der Waals surface area contributed by atoms with Crippen LogP contribution in [0.2, 0.25) is 0 Å². The maximum absolute atomic E-state index is 12.6. The summed E-state index contributed by atoms with van der Waals surface area (Å²) in [5.74, 6) is -0.171. The monoisotopic (exact) mass is 279 g/mol. The Kier molecular flexibility index (Phi) is 3.59. The zero-order chi connectivity index (χ0) is 14.7. The van der Waals surface area contributed by atoms with Gasteiger partial charge < -0.3 is 10.4 Å². The Morgan fingerprint density at radius 3 is 2.52 bits per heavy atom. The van der Waals surface area contributed by atoms with Crippen molar-refractivity contribution in [1.29, 1.82) is 0 Å². The molecule has 0 heterocycles. The Bertz CT molecular complexity index is 679. The lowest BCUT2D eigenvalue weighted by Gasteiger charge is -2.25. The van der Waals surface area contributed by atoms with Crippen LogP contribution in [0.3, 0.4) is 0 Å². The number of rotatable bonds is 4. The van der Waals surface area contributed by atoms with Crippen LogP contribution in [0, 0.1) is 0 Å². The molecule has 106 valence electrons. The van der Waals surface area contributed by atoms with E-state index in [4.69, 9.17) is 0 Å². The van der Waals surface area contributed by atoms with Gasteiger partial charge in [-0.1, -0.05) is 66.7 Å². The molecule has 0 saturated heterocycles. The molecule has 0 radical (unpaired) electrons. The minimum Gasteiger partial charge on any atom is -0.395 e. The molecule has 0 aliphatic heterocycles. The number of fused-ring (bicyclic) bond motifs is 1. The number of benzene rings is 2. The first-order valence-electron chi connectivity index (χ1n) is 6.98. The van der Waals surface area contributed by atoms with Crippen LogP contribution < -0.4 is 5.32 Å². The summed E-state index contributed by atoms with van der Waals surface area (Å²) < 4.78 is 0. The van der Waals surface area contributed by atoms with E-state index in [0.717, 1.165) is 16.7 Å². The smallest absolute Gasteiger partial charge is 0.237 e. The molecule has 1 amide bonds. The van der Waals surface area contributed by atoms with E-state index in [1.165, 1.54) is 0 Å². The molecule has 0 fully saturated rings. The van der Waals surface area contributed by atoms with Gasteiger partial charge in [0.2, 0.25) is 5.91 Å². The third kappa shape index (κ3) is 2.36. The summed E-state index contributed by atoms with van der Waals surface area (Å²) in [6.07, 6.45) is 3.69. The number of aliphatic hydroxyl groups is 1. The molecule has 3 heteroatoms. The predicted octanol–water partition coefficient (Wildman–Crippen LogP) is 2.26. The highest BCUT2D eigenvalue weighted by molar-refractivity contribution is 5.95. The fourth-order valence-electron chi connectivity index (χ4n) is 2.71. The quantitative estimate of drug-likeness (QED) is 0.902. The molecule has 1 aliphatic carbocycles. The molecule has 3 nitrogen and oxygen atoms in total. The average Bonchev–Trinajstić information content (AvgIpc) is 2.94. The van der Waals surface area contributed by atoms with E-state index in [2.05, 4.69) is 5.32 Å². The second-order valence-electron chi connectivity index (χ2n) is 5.22. The zero-order valence-electron chi connectivity index (χ0n) is 11.6. The van der Waals surface area contributed by atoms with Crippen LogP contribution in [-0.4, -0.2) is 17.6 Å². The number of carbonyl (C=O) groups is 1. The van der Waals surface area contributed by atoms with Gasteiger partial charge in [-0.25, -0.2) is 0 Å². The first kappa shape index (κ1) is 13.6. The highest BCUT2D eigenvalue weighted by Gasteiger charge is 2.41. The van der Waals surface area contributed by atoms with Crippen molar-refractivity contribution in [3.8, 4) is 0 Å². The largest absolute Gasteiger partial charge is 0.395 e. The molecular formula is C18H17NO2. The molecule has 21 heavy (non-hydrogen) atoms. The molecule has 1 aliphatic rings. The molecule has 2 aromatic rings. The van der Waals surface area contributed by atoms with Gasteiger partial charge in [-0.2, -0.15) is 0 Å². The molecule has 0 saturated carbocycles. The van der Waals surface area contributed by atoms with Crippen molar-refractivity contribution in [1.82, 2.24) is 5.32 Å². The number of hydrogen-bond donors (Lipinski definition) is 2. The summed E-state index contributed by atoms with van der Waals surface area (Å²) in [6.45, 7) is 0.221. The van der Waals surface area contributed by atoms with Gasteiger partial charge in [0.1, 0.15) is 5.41 Å². The zero-order valence-corrected chi connectivity index (χ0v) is 11.6. The van der Waals surface area contributed by atoms with Crippen molar-refractivity contribution in [3.05, 3.63) is 77.4 Å². The van der Waals surface area contributed by atoms with Gasteiger partial charge in [-0.05, 0) is 16.7 Å². The summed E-state index contributed by atoms with van der Waals surface area (Å²) in [5.41, 5.74) is 1.92. The van der Waals surface area contributed by atoms with Gasteiger partial charge in [0, 0.05) is 6.54 Å². The molecule has 3 rings (SSSR count). The number of nitrogens with one attached hydrogen (secondary N) is 1. The van der Waals surface area contributed by atoms with Crippen LogP contribution in [-0.2, 0) is 16.8 Å². The van der Waals surface area contributed by atoms with Crippen LogP contribution >= 0.6 is 0 Å². The predicted molar refractivity (Wildman–Crippen MR) is 82.5 cm³/mol. The van der Waals surface area contributed by atoms with Crippen LogP contribution in [0.5, 0.6) is 0 Å². The van der Waals surface area contributed by atoms with Gasteiger partial charge in [0.15, 0.2) is 0 Å². The van der Waals surface area contributed by atoms with Crippen molar-refractivity contribution in [2.75, 3.05) is 6.61 Å². The minimum absolute atomic E-state index is 0.171. The Balaban J connectivity index is 1.81. The lowest BCUT2D eigenvalue weighted by atomic mass is 9.82. The fraction of sp³-hybridized carbons (Fsp3) is 0.167. The third-order valence-corrected chi connectivity index (χ3v) is 3.94. The number of aliphatic hydroxyl groups excluding tert-OH is 1. The highest BCUT2D eigenvalue weighted by Crippen LogP contribution is 2.35. The Morgan fingerprint density at radius 1 is 1.05 bits per heavy atom. The molecule has 0 spiro atoms. The van der Waals surface area contributed by atoms with Crippen molar-refractivity contribution in [2.24, 2.45) is 0 Å². The fourth-order valence-corrected chi connectivity index (χ4v) is 2.71. The van der Waals surface area contributed by atoms with E-state index in [1.54, 1.807) is 6.08 Å². The number of amides is 1. The van der Waals surface area contributed by atoms with Gasteiger partial charge in [0.05, 0.1) is 6.61 Å². The van der Waals surface area contributed by atoms with Crippen molar-refractivity contribution < 1.29 is 9.90 Å². The number of carbonyl (C=O) groups excluding carboxylic acids is 1. The summed E-state index contributed by atoms with van der Waals surface area (Å²) in [6, 6.07) is 17.4. The first-order valence-corrected chi connectivity index (χ1v) is 6.98. The molecule has 0 aromatic heterocycles. The topological polar surface area (TPSA) is 49.3 Å². The Hall–Kier alpha value is -2.39. The Morgan fingerprint density at radius 2 is 1.76 bits per heavy atom. The minimum atomic E-state index is -0.967. The summed E-state index contributed by atoms with van der Waals surface area (Å²) in [7, 11) is 0. The normalized spacial score (nSPS) is 19.3. The van der Waals surface area contributed by atoms with Gasteiger partial charge >= 0.3 is 0 Å². The standard InChI is InChI=1S/C18H17NO2/c20-13-18(11-10-15-8-4-5-9-16(15)18)17(21)19-12-14-6-2-1-3-7-14/h1-11,20H,12-13H2,(H,19,21). The summed E-state index contributed by atoms with van der Waals surface area (Å²) in [4.78, 5) is 12.6. The van der Waals surface area contributed by atoms with E-state index < -0.39 is 5.41 Å². The van der Waals surface area contributed by atoms with Gasteiger partial charge in [-0.15, -0.1) is 0 Å². The lowest BCUT2D eigenvalue weighted by Crippen LogP contribution is -2.44. The van der Waals surface area contributed by atoms with E-state index in [-0.39, 0.29) is 12.5 Å². The van der Waals surface area contributed by atoms with E-state index in [0.29, 0.717) is 6.54 Å². The van der Waals surface area contributed by atoms with E-state index >= 15 is 0 Å². The van der Waals surface area contributed by atoms with E-state index in [9.17, 15) is 9.90 Å². The van der Waals surface area contributed by atoms with E-state index in [1.807, 2.05) is 60.7 Å². The molecule has 0 bridgehead atoms. The summed E-state index contributed by atoms with van der Waals surface area (Å²) in [5, 5.41) is 12.7. The second kappa shape index (κ2) is 5.54. The van der Waals surface area contributed by atoms with Crippen molar-refractivity contribution >= 4 is 12.0 Å². The van der Waals surface area contributed by atoms with Crippen LogP contribution in [0.15, 0.2) is 60.7 Å². The SMILES string of the molecule is O=C(NCc1ccccc1)C1(CO)C=Cc2ccccc21. The van der Waals surface area contributed by atoms with Crippen LogP contribution in [0.4, 0.5) is 0 Å². The Labute approximate surface area is 123 Å². The summed E-state index contributed by atoms with van der Waals surface area (Å²) >= 11 is 0. The maximum atomic E-state index is 12.6. The van der Waals surface area contributed by atoms with Crippen molar-refractivity contribution in [2.45, 2.75) is 12.0 Å². The van der Waals surface area contributed by atoms with Gasteiger partial charge in [-0.3, -0.25) is 4.79 Å². The van der Waals surface area contributed by atoms with Crippen LogP contribution in [0.1, 0.15) is 16.7 Å². The maximum Gasteiger partial charge on any atom is 0.237 e. The molecule has 2 N–H and O–H groups in total. The second-order valence-corrected chi connectivity index (χ2v) is 5.22. The van der Waals surface area contributed by atoms with Crippen molar-refractivity contribution in [3.63, 3.8) is 0 Å². The average molecular weight is 279 g/mol. The number of hydrogen-bond acceptors (Lipinski definition) is 2. The lowest BCUT2D eigenvalue weighted by molar-refractivity contribution is -0.126. The molecular weight excluding hydrogens is 262 g/mol. The third-order valence-electron chi connectivity index (χ3n) is 3.94.